The van der Waals surface area contributed by atoms with Crippen LogP contribution in [0.1, 0.15) is 61.3 Å². The van der Waals surface area contributed by atoms with Crippen LogP contribution < -0.4 is 5.73 Å². The minimum Gasteiger partial charge on any atom is -0.399 e. The van der Waals surface area contributed by atoms with Gasteiger partial charge >= 0.3 is 0 Å². The Morgan fingerprint density at radius 3 is 2.41 bits per heavy atom. The number of allylic oxidation sites excluding steroid dienone is 8. The predicted octanol–water partition coefficient (Wildman–Crippen LogP) is 6.34. The van der Waals surface area contributed by atoms with Crippen molar-refractivity contribution in [2.24, 2.45) is 17.6 Å². The van der Waals surface area contributed by atoms with Crippen molar-refractivity contribution in [3.8, 4) is 0 Å². The highest BCUT2D eigenvalue weighted by molar-refractivity contribution is 5.82. The van der Waals surface area contributed by atoms with Crippen molar-refractivity contribution in [3.63, 3.8) is 0 Å². The quantitative estimate of drug-likeness (QED) is 0.362. The molecule has 0 saturated heterocycles. The van der Waals surface area contributed by atoms with E-state index in [0.29, 0.717) is 24.4 Å². The minimum atomic E-state index is -0.385. The Morgan fingerprint density at radius 2 is 1.97 bits per heavy atom. The Morgan fingerprint density at radius 1 is 1.34 bits per heavy atom. The lowest BCUT2D eigenvalue weighted by Crippen LogP contribution is -2.41. The predicted molar refractivity (Wildman–Crippen MR) is 121 cm³/mol. The van der Waals surface area contributed by atoms with Crippen LogP contribution in [0.15, 0.2) is 70.4 Å². The average Bonchev–Trinajstić information content (AvgIpc) is 2.67. The molecule has 0 aromatic rings. The topological polar surface area (TPSA) is 46.3 Å². The number of amides is 1. The van der Waals surface area contributed by atoms with Crippen LogP contribution in [-0.4, -0.2) is 17.4 Å². The third-order valence-electron chi connectivity index (χ3n) is 5.75. The Labute approximate surface area is 176 Å². The van der Waals surface area contributed by atoms with Crippen LogP contribution in [-0.2, 0) is 4.79 Å². The molecule has 0 aliphatic heterocycles. The monoisotopic (exact) mass is 400 g/mol. The first kappa shape index (κ1) is 24.7. The number of hydrogen-bond acceptors (Lipinski definition) is 2. The van der Waals surface area contributed by atoms with Crippen molar-refractivity contribution < 1.29 is 9.18 Å². The zero-order chi connectivity index (χ0) is 22.3. The minimum absolute atomic E-state index is 0.0707. The van der Waals surface area contributed by atoms with Gasteiger partial charge in [0.1, 0.15) is 5.83 Å². The molecule has 0 bridgehead atoms. The van der Waals surface area contributed by atoms with Gasteiger partial charge in [0.25, 0.3) is 0 Å². The van der Waals surface area contributed by atoms with E-state index in [4.69, 9.17) is 5.73 Å². The third-order valence-corrected chi connectivity index (χ3v) is 5.75. The first-order valence-corrected chi connectivity index (χ1v) is 10.4. The molecule has 1 aliphatic carbocycles. The molecular weight excluding hydrogens is 363 g/mol. The largest absolute Gasteiger partial charge is 0.399 e. The van der Waals surface area contributed by atoms with Crippen LogP contribution >= 0.6 is 0 Å². The molecule has 1 rings (SSSR count). The van der Waals surface area contributed by atoms with Crippen molar-refractivity contribution in [2.75, 3.05) is 6.54 Å². The van der Waals surface area contributed by atoms with Gasteiger partial charge in [-0.3, -0.25) is 4.79 Å². The van der Waals surface area contributed by atoms with E-state index in [0.717, 1.165) is 28.7 Å². The molecule has 2 atom stereocenters. The van der Waals surface area contributed by atoms with Gasteiger partial charge in [0.2, 0.25) is 5.91 Å². The van der Waals surface area contributed by atoms with Crippen molar-refractivity contribution in [2.45, 2.75) is 61.3 Å². The van der Waals surface area contributed by atoms with Crippen LogP contribution in [0.2, 0.25) is 0 Å². The van der Waals surface area contributed by atoms with E-state index in [1.807, 2.05) is 60.6 Å². The molecule has 0 heterocycles. The van der Waals surface area contributed by atoms with E-state index in [2.05, 4.69) is 6.58 Å². The van der Waals surface area contributed by atoms with Gasteiger partial charge in [0.05, 0.1) is 5.70 Å². The summed E-state index contributed by atoms with van der Waals surface area (Å²) in [5, 5.41) is 0. The lowest BCUT2D eigenvalue weighted by atomic mass is 9.70. The summed E-state index contributed by atoms with van der Waals surface area (Å²) in [6, 6.07) is 0. The highest BCUT2D eigenvalue weighted by Gasteiger charge is 2.37. The summed E-state index contributed by atoms with van der Waals surface area (Å²) in [5.74, 6) is -0.612. The van der Waals surface area contributed by atoms with Gasteiger partial charge in [-0.05, 0) is 65.0 Å². The highest BCUT2D eigenvalue weighted by atomic mass is 19.1. The fourth-order valence-electron chi connectivity index (χ4n) is 3.49. The molecule has 1 aliphatic rings. The Balaban J connectivity index is 3.32. The first-order chi connectivity index (χ1) is 13.6. The summed E-state index contributed by atoms with van der Waals surface area (Å²) in [4.78, 5) is 15.1. The second kappa shape index (κ2) is 11.0. The maximum absolute atomic E-state index is 15.2. The van der Waals surface area contributed by atoms with Gasteiger partial charge < -0.3 is 10.6 Å². The number of carbonyl (C=O) groups is 1. The second-order valence-corrected chi connectivity index (χ2v) is 7.87. The van der Waals surface area contributed by atoms with Gasteiger partial charge in [0.15, 0.2) is 0 Å². The Hall–Kier alpha value is -2.36. The molecule has 0 fully saturated rings. The third kappa shape index (κ3) is 6.06. The summed E-state index contributed by atoms with van der Waals surface area (Å²) in [6.45, 7) is 17.7. The number of carbonyl (C=O) groups excluding carboxylic acids is 1. The number of rotatable bonds is 9. The van der Waals surface area contributed by atoms with Gasteiger partial charge in [0, 0.05) is 18.2 Å². The highest BCUT2D eigenvalue weighted by Crippen LogP contribution is 2.42. The molecule has 160 valence electrons. The van der Waals surface area contributed by atoms with Gasteiger partial charge in [-0.1, -0.05) is 55.4 Å². The number of nitrogens with zero attached hydrogens (tertiary/aromatic N) is 1. The molecule has 2 unspecified atom stereocenters. The maximum atomic E-state index is 15.2. The van der Waals surface area contributed by atoms with Crippen molar-refractivity contribution in [1.82, 2.24) is 4.90 Å². The Bertz CT molecular complexity index is 796. The average molecular weight is 401 g/mol. The normalized spacial score (nSPS) is 19.8. The van der Waals surface area contributed by atoms with Crippen LogP contribution in [0, 0.1) is 11.8 Å². The van der Waals surface area contributed by atoms with Crippen molar-refractivity contribution >= 4 is 5.91 Å². The van der Waals surface area contributed by atoms with E-state index in [1.165, 1.54) is 6.08 Å². The van der Waals surface area contributed by atoms with Gasteiger partial charge in [-0.25, -0.2) is 4.39 Å². The van der Waals surface area contributed by atoms with E-state index in [1.54, 1.807) is 11.0 Å². The fraction of sp³-hybridized carbons (Fsp3) is 0.480. The fourth-order valence-corrected chi connectivity index (χ4v) is 3.49. The molecule has 0 aromatic carbocycles. The zero-order valence-electron chi connectivity index (χ0n) is 19.1. The number of hydrogen-bond donors (Lipinski definition) is 1. The molecule has 1 amide bonds. The van der Waals surface area contributed by atoms with E-state index >= 15 is 4.39 Å². The van der Waals surface area contributed by atoms with Crippen LogP contribution in [0.5, 0.6) is 0 Å². The van der Waals surface area contributed by atoms with Crippen molar-refractivity contribution in [1.29, 1.82) is 0 Å². The van der Waals surface area contributed by atoms with Gasteiger partial charge in [-0.2, -0.15) is 0 Å². The maximum Gasteiger partial charge on any atom is 0.230 e. The molecule has 2 N–H and O–H groups in total. The van der Waals surface area contributed by atoms with Crippen LogP contribution in [0.3, 0.4) is 0 Å². The number of nitrogens with two attached hydrogens (primary N) is 1. The molecule has 0 radical (unpaired) electrons. The molecule has 0 aromatic heterocycles. The summed E-state index contributed by atoms with van der Waals surface area (Å²) in [7, 11) is 0. The number of halogens is 1. The molecule has 0 saturated carbocycles. The lowest BCUT2D eigenvalue weighted by Gasteiger charge is -2.38. The smallest absolute Gasteiger partial charge is 0.230 e. The zero-order valence-corrected chi connectivity index (χ0v) is 19.1. The van der Waals surface area contributed by atoms with Gasteiger partial charge in [-0.15, -0.1) is 0 Å². The van der Waals surface area contributed by atoms with Crippen LogP contribution in [0.4, 0.5) is 4.39 Å². The standard InChI is InChI=1S/C25H37FN2O/c1-9-12-24(23(26)13-16(4)10-2)28(15-17(5)11-3)25(29)19(7)21-14-22(18(21)6)20(8)27/h10-13,19,21H,8-9,14-15,27H2,1-7H3/b16-10-,17-11?,23-13+,24-12-. The summed E-state index contributed by atoms with van der Waals surface area (Å²) < 4.78 is 15.2. The van der Waals surface area contributed by atoms with Crippen molar-refractivity contribution in [3.05, 3.63) is 70.4 Å². The molecule has 0 spiro atoms. The molecule has 29 heavy (non-hydrogen) atoms. The molecular formula is C25H37FN2O. The summed E-state index contributed by atoms with van der Waals surface area (Å²) in [5.41, 5.74) is 10.7. The SMILES string of the molecule is C=C(N)C1=C(C)C(C(C)C(=O)N(CC(C)=CC)C(=C\CC)/C(F)=C\C(C)=C/C)C1. The second-order valence-electron chi connectivity index (χ2n) is 7.87. The first-order valence-electron chi connectivity index (χ1n) is 10.4. The van der Waals surface area contributed by atoms with E-state index in [-0.39, 0.29) is 23.6 Å². The molecule has 4 heteroatoms. The summed E-state index contributed by atoms with van der Waals surface area (Å²) in [6.07, 6.45) is 8.46. The van der Waals surface area contributed by atoms with E-state index in [9.17, 15) is 4.79 Å². The van der Waals surface area contributed by atoms with Crippen LogP contribution in [0.25, 0.3) is 0 Å². The summed E-state index contributed by atoms with van der Waals surface area (Å²) >= 11 is 0. The lowest BCUT2D eigenvalue weighted by molar-refractivity contribution is -0.134. The molecule has 3 nitrogen and oxygen atoms in total. The Kier molecular flexibility index (Phi) is 9.35. The van der Waals surface area contributed by atoms with E-state index < -0.39 is 0 Å².